The largest absolute Gasteiger partial charge is 0.480 e. The number of aryl methyl sites for hydroxylation is 2. The van der Waals surface area contributed by atoms with E-state index in [4.69, 9.17) is 0 Å². The van der Waals surface area contributed by atoms with Crippen molar-refractivity contribution in [2.45, 2.75) is 70.0 Å². The average Bonchev–Trinajstić information content (AvgIpc) is 2.69. The number of unbranched alkanes of at least 4 members (excludes halogenated alkanes) is 2. The van der Waals surface area contributed by atoms with Crippen molar-refractivity contribution in [2.75, 3.05) is 5.75 Å². The molecule has 0 fully saturated rings. The van der Waals surface area contributed by atoms with Gasteiger partial charge >= 0.3 is 5.97 Å². The molecule has 5 heteroatoms. The van der Waals surface area contributed by atoms with E-state index < -0.39 is 21.1 Å². The summed E-state index contributed by atoms with van der Waals surface area (Å²) in [7, 11) is -3.70. The molecule has 0 bridgehead atoms. The molecule has 0 heterocycles. The van der Waals surface area contributed by atoms with Crippen molar-refractivity contribution < 1.29 is 18.3 Å². The minimum absolute atomic E-state index is 0.0412. The van der Waals surface area contributed by atoms with E-state index in [1.807, 2.05) is 42.5 Å². The van der Waals surface area contributed by atoms with Crippen molar-refractivity contribution in [1.82, 2.24) is 0 Å². The molecule has 0 radical (unpaired) electrons. The van der Waals surface area contributed by atoms with Gasteiger partial charge in [0, 0.05) is 0 Å². The Kier molecular flexibility index (Phi) is 8.65. The van der Waals surface area contributed by atoms with E-state index in [0.29, 0.717) is 12.8 Å². The number of rotatable bonds is 11. The number of carbonyl (C=O) groups is 1. The minimum atomic E-state index is -3.70. The second kappa shape index (κ2) is 10.8. The molecule has 1 N–H and O–H groups in total. The van der Waals surface area contributed by atoms with Crippen LogP contribution in [0, 0.1) is 0 Å². The van der Waals surface area contributed by atoms with Gasteiger partial charge in [0.15, 0.2) is 15.1 Å². The molecule has 4 nitrogen and oxygen atoms in total. The molecule has 0 saturated heterocycles. The number of carboxylic acids is 1. The van der Waals surface area contributed by atoms with E-state index in [1.165, 1.54) is 11.1 Å². The third-order valence-electron chi connectivity index (χ3n) is 5.48. The van der Waals surface area contributed by atoms with Crippen LogP contribution in [-0.2, 0) is 32.9 Å². The number of hydrogen-bond donors (Lipinski definition) is 1. The summed E-state index contributed by atoms with van der Waals surface area (Å²) in [6.07, 6.45) is 3.79. The zero-order chi connectivity index (χ0) is 22.2. The zero-order valence-corrected chi connectivity index (χ0v) is 19.1. The number of sulfone groups is 1. The zero-order valence-electron chi connectivity index (χ0n) is 18.3. The maximum absolute atomic E-state index is 12.7. The van der Waals surface area contributed by atoms with Crippen LogP contribution in [0.25, 0.3) is 0 Å². The van der Waals surface area contributed by atoms with Gasteiger partial charge in [0.2, 0.25) is 0 Å². The Morgan fingerprint density at radius 2 is 1.47 bits per heavy atom. The van der Waals surface area contributed by atoms with Crippen LogP contribution < -0.4 is 0 Å². The number of carboxylic acid groups (broad SMARTS) is 1. The maximum Gasteiger partial charge on any atom is 0.321 e. The van der Waals surface area contributed by atoms with Gasteiger partial charge < -0.3 is 5.11 Å². The fourth-order valence-corrected chi connectivity index (χ4v) is 5.15. The lowest BCUT2D eigenvalue weighted by Crippen LogP contribution is -2.32. The second-order valence-electron chi connectivity index (χ2n) is 8.98. The summed E-state index contributed by atoms with van der Waals surface area (Å²) in [4.78, 5) is 11.6. The van der Waals surface area contributed by atoms with Crippen LogP contribution in [0.5, 0.6) is 0 Å². The molecule has 30 heavy (non-hydrogen) atoms. The van der Waals surface area contributed by atoms with Crippen LogP contribution in [-0.4, -0.2) is 30.5 Å². The Morgan fingerprint density at radius 1 is 0.867 bits per heavy atom. The monoisotopic (exact) mass is 430 g/mol. The minimum Gasteiger partial charge on any atom is -0.480 e. The van der Waals surface area contributed by atoms with Crippen molar-refractivity contribution >= 4 is 15.8 Å². The summed E-state index contributed by atoms with van der Waals surface area (Å²) in [6.45, 7) is 6.39. The SMILES string of the molecule is CC(C)(C)c1ccc(CCS(=O)(=O)C(CCCCCc2ccccc2)C(=O)O)cc1. The quantitative estimate of drug-likeness (QED) is 0.498. The highest BCUT2D eigenvalue weighted by molar-refractivity contribution is 7.92. The third-order valence-corrected chi connectivity index (χ3v) is 7.56. The van der Waals surface area contributed by atoms with Crippen LogP contribution in [0.2, 0.25) is 0 Å². The van der Waals surface area contributed by atoms with E-state index in [1.54, 1.807) is 0 Å². The Balaban J connectivity index is 1.85. The predicted octanol–water partition coefficient (Wildman–Crippen LogP) is 5.20. The van der Waals surface area contributed by atoms with Gasteiger partial charge in [-0.05, 0) is 47.8 Å². The van der Waals surface area contributed by atoms with Gasteiger partial charge in [-0.3, -0.25) is 4.79 Å². The number of hydrogen-bond acceptors (Lipinski definition) is 3. The molecule has 2 aromatic carbocycles. The van der Waals surface area contributed by atoms with Crippen LogP contribution in [0.1, 0.15) is 63.1 Å². The highest BCUT2D eigenvalue weighted by atomic mass is 32.2. The Labute approximate surface area is 181 Å². The van der Waals surface area contributed by atoms with Gasteiger partial charge in [-0.25, -0.2) is 8.42 Å². The van der Waals surface area contributed by atoms with Crippen molar-refractivity contribution in [3.8, 4) is 0 Å². The molecule has 164 valence electrons. The Morgan fingerprint density at radius 3 is 2.03 bits per heavy atom. The van der Waals surface area contributed by atoms with E-state index in [2.05, 4.69) is 32.9 Å². The molecule has 2 rings (SSSR count). The molecule has 0 amide bonds. The predicted molar refractivity (Wildman–Crippen MR) is 123 cm³/mol. The van der Waals surface area contributed by atoms with Gasteiger partial charge in [0.25, 0.3) is 0 Å². The summed E-state index contributed by atoms with van der Waals surface area (Å²) in [5.74, 6) is -1.37. The number of aliphatic carboxylic acids is 1. The summed E-state index contributed by atoms with van der Waals surface area (Å²) < 4.78 is 25.4. The van der Waals surface area contributed by atoms with Gasteiger partial charge in [-0.1, -0.05) is 88.2 Å². The first-order chi connectivity index (χ1) is 14.1. The molecule has 0 aliphatic carbocycles. The molecule has 1 unspecified atom stereocenters. The van der Waals surface area contributed by atoms with E-state index >= 15 is 0 Å². The average molecular weight is 431 g/mol. The lowest BCUT2D eigenvalue weighted by Gasteiger charge is -2.19. The van der Waals surface area contributed by atoms with Crippen LogP contribution in [0.15, 0.2) is 54.6 Å². The fourth-order valence-electron chi connectivity index (χ4n) is 3.51. The first-order valence-corrected chi connectivity index (χ1v) is 12.4. The standard InChI is InChI=1S/C25H34O4S/c1-25(2,3)22-16-14-21(15-17-22)18-19-30(28,29)23(24(26)27)13-9-5-8-12-20-10-6-4-7-11-20/h4,6-7,10-11,14-17,23H,5,8-9,12-13,18-19H2,1-3H3,(H,26,27). The molecule has 0 aromatic heterocycles. The Hall–Kier alpha value is -2.14. The van der Waals surface area contributed by atoms with Crippen molar-refractivity contribution in [3.63, 3.8) is 0 Å². The molecule has 0 aliphatic heterocycles. The second-order valence-corrected chi connectivity index (χ2v) is 11.3. The van der Waals surface area contributed by atoms with Crippen molar-refractivity contribution in [1.29, 1.82) is 0 Å². The summed E-state index contributed by atoms with van der Waals surface area (Å²) in [6, 6.07) is 18.0. The first-order valence-electron chi connectivity index (χ1n) is 10.7. The van der Waals surface area contributed by atoms with Gasteiger partial charge in [-0.15, -0.1) is 0 Å². The Bertz CT molecular complexity index is 894. The third kappa shape index (κ3) is 7.60. The number of benzene rings is 2. The summed E-state index contributed by atoms with van der Waals surface area (Å²) in [5, 5.41) is 8.17. The molecule has 1 atom stereocenters. The lowest BCUT2D eigenvalue weighted by atomic mass is 9.86. The van der Waals surface area contributed by atoms with E-state index in [0.717, 1.165) is 24.8 Å². The molecular weight excluding hydrogens is 396 g/mol. The highest BCUT2D eigenvalue weighted by Crippen LogP contribution is 2.23. The van der Waals surface area contributed by atoms with Gasteiger partial charge in [-0.2, -0.15) is 0 Å². The smallest absolute Gasteiger partial charge is 0.321 e. The molecule has 0 saturated carbocycles. The molecule has 2 aromatic rings. The van der Waals surface area contributed by atoms with Gasteiger partial charge in [0.1, 0.15) is 0 Å². The van der Waals surface area contributed by atoms with Crippen molar-refractivity contribution in [3.05, 3.63) is 71.3 Å². The summed E-state index contributed by atoms with van der Waals surface area (Å²) >= 11 is 0. The molecular formula is C25H34O4S. The van der Waals surface area contributed by atoms with Crippen molar-refractivity contribution in [2.24, 2.45) is 0 Å². The van der Waals surface area contributed by atoms with Crippen LogP contribution in [0.4, 0.5) is 0 Å². The first kappa shape index (κ1) is 24.1. The lowest BCUT2D eigenvalue weighted by molar-refractivity contribution is -0.136. The van der Waals surface area contributed by atoms with Crippen LogP contribution >= 0.6 is 0 Å². The van der Waals surface area contributed by atoms with E-state index in [-0.39, 0.29) is 17.6 Å². The maximum atomic E-state index is 12.7. The normalized spacial score (nSPS) is 13.2. The van der Waals surface area contributed by atoms with Gasteiger partial charge in [0.05, 0.1) is 5.75 Å². The van der Waals surface area contributed by atoms with Crippen LogP contribution in [0.3, 0.4) is 0 Å². The summed E-state index contributed by atoms with van der Waals surface area (Å²) in [5.41, 5.74) is 3.39. The topological polar surface area (TPSA) is 71.4 Å². The molecule has 0 aliphatic rings. The molecule has 0 spiro atoms. The fraction of sp³-hybridized carbons (Fsp3) is 0.480. The van der Waals surface area contributed by atoms with E-state index in [9.17, 15) is 18.3 Å². The highest BCUT2D eigenvalue weighted by Gasteiger charge is 2.31.